The normalized spacial score (nSPS) is 10.7. The van der Waals surface area contributed by atoms with Crippen molar-refractivity contribution in [2.24, 2.45) is 0 Å². The number of benzene rings is 1. The summed E-state index contributed by atoms with van der Waals surface area (Å²) in [5, 5.41) is 0. The second-order valence-corrected chi connectivity index (χ2v) is 7.30. The van der Waals surface area contributed by atoms with E-state index in [2.05, 4.69) is 20.8 Å². The van der Waals surface area contributed by atoms with Gasteiger partial charge in [0.1, 0.15) is 0 Å². The first-order chi connectivity index (χ1) is 13.8. The maximum atomic E-state index is 11.6. The second kappa shape index (κ2) is 16.3. The lowest BCUT2D eigenvalue weighted by atomic mass is 10.1. The zero-order chi connectivity index (χ0) is 20.5. The van der Waals surface area contributed by atoms with Gasteiger partial charge in [0.15, 0.2) is 17.8 Å². The van der Waals surface area contributed by atoms with Gasteiger partial charge in [-0.3, -0.25) is 4.79 Å². The number of rotatable bonds is 18. The quantitative estimate of drug-likeness (QED) is 0.199. The molecule has 0 aliphatic heterocycles. The lowest BCUT2D eigenvalue weighted by molar-refractivity contribution is 0.111. The Morgan fingerprint density at radius 2 is 1.14 bits per heavy atom. The highest BCUT2D eigenvalue weighted by atomic mass is 16.5. The van der Waals surface area contributed by atoms with Crippen molar-refractivity contribution in [3.05, 3.63) is 17.7 Å². The van der Waals surface area contributed by atoms with E-state index < -0.39 is 0 Å². The minimum atomic E-state index is 0.528. The van der Waals surface area contributed by atoms with Crippen LogP contribution in [0.4, 0.5) is 0 Å². The molecule has 28 heavy (non-hydrogen) atoms. The third-order valence-corrected chi connectivity index (χ3v) is 4.73. The van der Waals surface area contributed by atoms with E-state index in [0.29, 0.717) is 42.6 Å². The zero-order valence-electron chi connectivity index (χ0n) is 18.3. The molecule has 4 heteroatoms. The molecule has 0 atom stereocenters. The van der Waals surface area contributed by atoms with Crippen LogP contribution < -0.4 is 14.2 Å². The minimum absolute atomic E-state index is 0.528. The van der Waals surface area contributed by atoms with Crippen molar-refractivity contribution >= 4 is 6.29 Å². The van der Waals surface area contributed by atoms with E-state index in [-0.39, 0.29) is 0 Å². The summed E-state index contributed by atoms with van der Waals surface area (Å²) in [6.07, 6.45) is 13.2. The highest BCUT2D eigenvalue weighted by Crippen LogP contribution is 2.40. The van der Waals surface area contributed by atoms with E-state index in [1.807, 2.05) is 6.07 Å². The van der Waals surface area contributed by atoms with Crippen LogP contribution in [0.15, 0.2) is 12.1 Å². The van der Waals surface area contributed by atoms with E-state index in [4.69, 9.17) is 14.2 Å². The molecule has 0 aliphatic carbocycles. The molecular formula is C24H40O4. The molecule has 0 bridgehead atoms. The largest absolute Gasteiger partial charge is 0.490 e. The molecule has 0 radical (unpaired) electrons. The molecule has 0 spiro atoms. The van der Waals surface area contributed by atoms with Crippen molar-refractivity contribution in [3.63, 3.8) is 0 Å². The van der Waals surface area contributed by atoms with Crippen LogP contribution in [0, 0.1) is 0 Å². The number of carbonyl (C=O) groups excluding carboxylic acids is 1. The molecule has 0 saturated carbocycles. The summed E-state index contributed by atoms with van der Waals surface area (Å²) in [7, 11) is 0. The van der Waals surface area contributed by atoms with Crippen molar-refractivity contribution in [1.29, 1.82) is 0 Å². The van der Waals surface area contributed by atoms with Crippen LogP contribution in [0.5, 0.6) is 17.2 Å². The van der Waals surface area contributed by atoms with Gasteiger partial charge in [-0.15, -0.1) is 0 Å². The first-order valence-electron chi connectivity index (χ1n) is 11.3. The molecule has 0 heterocycles. The smallest absolute Gasteiger partial charge is 0.204 e. The fraction of sp³-hybridized carbons (Fsp3) is 0.708. The molecule has 0 unspecified atom stereocenters. The van der Waals surface area contributed by atoms with Crippen LogP contribution in [0.25, 0.3) is 0 Å². The van der Waals surface area contributed by atoms with Gasteiger partial charge in [-0.1, -0.05) is 72.1 Å². The number of aldehydes is 1. The molecule has 0 N–H and O–H groups in total. The summed E-state index contributed by atoms with van der Waals surface area (Å²) < 4.78 is 18.1. The van der Waals surface area contributed by atoms with Gasteiger partial charge in [-0.05, 0) is 31.4 Å². The number of hydrogen-bond donors (Lipinski definition) is 0. The first kappa shape index (κ1) is 24.3. The van der Waals surface area contributed by atoms with E-state index in [0.717, 1.165) is 51.2 Å². The predicted octanol–water partition coefficient (Wildman–Crippen LogP) is 6.99. The number of carbonyl (C=O) groups is 1. The Labute approximate surface area is 172 Å². The Bertz CT molecular complexity index is 528. The summed E-state index contributed by atoms with van der Waals surface area (Å²) in [6, 6.07) is 3.61. The minimum Gasteiger partial charge on any atom is -0.490 e. The van der Waals surface area contributed by atoms with Crippen molar-refractivity contribution in [3.8, 4) is 17.2 Å². The van der Waals surface area contributed by atoms with E-state index >= 15 is 0 Å². The lowest BCUT2D eigenvalue weighted by Crippen LogP contribution is -2.08. The SMILES string of the molecule is CCCCCCOc1c(C=O)ccc(OCCCCC)c1OCCCCCC. The second-order valence-electron chi connectivity index (χ2n) is 7.30. The van der Waals surface area contributed by atoms with Crippen molar-refractivity contribution in [1.82, 2.24) is 0 Å². The summed E-state index contributed by atoms with van der Waals surface area (Å²) in [6.45, 7) is 8.41. The molecule has 0 aromatic heterocycles. The van der Waals surface area contributed by atoms with Crippen molar-refractivity contribution < 1.29 is 19.0 Å². The first-order valence-corrected chi connectivity index (χ1v) is 11.3. The Morgan fingerprint density at radius 3 is 1.71 bits per heavy atom. The van der Waals surface area contributed by atoms with Crippen molar-refractivity contribution in [2.75, 3.05) is 19.8 Å². The molecule has 0 fully saturated rings. The molecule has 0 aliphatic rings. The third-order valence-electron chi connectivity index (χ3n) is 4.73. The topological polar surface area (TPSA) is 44.8 Å². The number of unbranched alkanes of at least 4 members (excludes halogenated alkanes) is 8. The molecule has 160 valence electrons. The number of ether oxygens (including phenoxy) is 3. The van der Waals surface area contributed by atoms with Crippen LogP contribution >= 0.6 is 0 Å². The van der Waals surface area contributed by atoms with Crippen LogP contribution in [-0.2, 0) is 0 Å². The zero-order valence-corrected chi connectivity index (χ0v) is 18.3. The molecule has 0 amide bonds. The average molecular weight is 393 g/mol. The summed E-state index contributed by atoms with van der Waals surface area (Å²) in [4.78, 5) is 11.6. The third kappa shape index (κ3) is 9.48. The fourth-order valence-corrected chi connectivity index (χ4v) is 2.99. The highest BCUT2D eigenvalue weighted by Gasteiger charge is 2.18. The van der Waals surface area contributed by atoms with Crippen LogP contribution in [0.1, 0.15) is 102 Å². The molecule has 1 aromatic carbocycles. The molecule has 1 aromatic rings. The van der Waals surface area contributed by atoms with Gasteiger partial charge >= 0.3 is 0 Å². The average Bonchev–Trinajstić information content (AvgIpc) is 2.71. The summed E-state index contributed by atoms with van der Waals surface area (Å²) in [5.41, 5.74) is 0.528. The summed E-state index contributed by atoms with van der Waals surface area (Å²) in [5.74, 6) is 1.81. The monoisotopic (exact) mass is 392 g/mol. The van der Waals surface area contributed by atoms with Gasteiger partial charge in [0, 0.05) is 0 Å². The maximum absolute atomic E-state index is 11.6. The van der Waals surface area contributed by atoms with Gasteiger partial charge in [-0.2, -0.15) is 0 Å². The number of hydrogen-bond acceptors (Lipinski definition) is 4. The van der Waals surface area contributed by atoms with Gasteiger partial charge in [0.2, 0.25) is 5.75 Å². The summed E-state index contributed by atoms with van der Waals surface area (Å²) >= 11 is 0. The van der Waals surface area contributed by atoms with E-state index in [9.17, 15) is 4.79 Å². The molecular weight excluding hydrogens is 352 g/mol. The highest BCUT2D eigenvalue weighted by molar-refractivity contribution is 5.82. The van der Waals surface area contributed by atoms with Gasteiger partial charge in [0.05, 0.1) is 25.4 Å². The molecule has 1 rings (SSSR count). The van der Waals surface area contributed by atoms with E-state index in [1.54, 1.807) is 6.07 Å². The molecule has 0 saturated heterocycles. The van der Waals surface area contributed by atoms with Crippen LogP contribution in [0.3, 0.4) is 0 Å². The molecule has 4 nitrogen and oxygen atoms in total. The van der Waals surface area contributed by atoms with Crippen molar-refractivity contribution in [2.45, 2.75) is 91.4 Å². The lowest BCUT2D eigenvalue weighted by Gasteiger charge is -2.18. The van der Waals surface area contributed by atoms with Crippen LogP contribution in [0.2, 0.25) is 0 Å². The van der Waals surface area contributed by atoms with Gasteiger partial charge in [0.25, 0.3) is 0 Å². The van der Waals surface area contributed by atoms with Crippen LogP contribution in [-0.4, -0.2) is 26.1 Å². The Morgan fingerprint density at radius 1 is 0.643 bits per heavy atom. The fourth-order valence-electron chi connectivity index (χ4n) is 2.99. The van der Waals surface area contributed by atoms with Gasteiger partial charge < -0.3 is 14.2 Å². The Balaban J connectivity index is 2.86. The Hall–Kier alpha value is -1.71. The Kier molecular flexibility index (Phi) is 14.1. The van der Waals surface area contributed by atoms with E-state index in [1.165, 1.54) is 25.7 Å². The maximum Gasteiger partial charge on any atom is 0.204 e. The standard InChI is InChI=1S/C24H40O4/c1-4-7-10-13-18-27-23-21(20-25)15-16-22(26-17-12-9-6-3)24(23)28-19-14-11-8-5-2/h15-16,20H,4-14,17-19H2,1-3H3. The predicted molar refractivity (Wildman–Crippen MR) is 116 cm³/mol. The van der Waals surface area contributed by atoms with Gasteiger partial charge in [-0.25, -0.2) is 0 Å².